The summed E-state index contributed by atoms with van der Waals surface area (Å²) in [4.78, 5) is 147. The number of aliphatic imine (C=N–C) groups is 3. The molecule has 31 nitrogen and oxygen atoms in total. The van der Waals surface area contributed by atoms with Crippen LogP contribution in [0.2, 0.25) is 0 Å². The van der Waals surface area contributed by atoms with E-state index in [-0.39, 0.29) is 69.6 Å². The fourth-order valence-corrected chi connectivity index (χ4v) is 7.66. The van der Waals surface area contributed by atoms with Crippen molar-refractivity contribution < 1.29 is 58.2 Å². The number of hydrogen-bond donors (Lipinski definition) is 18. The lowest BCUT2D eigenvalue weighted by Crippen LogP contribution is -2.62. The average molecular weight is 1140 g/mol. The Morgan fingerprint density at radius 2 is 0.688 bits per heavy atom. The molecular formula is C49H93N19O12. The van der Waals surface area contributed by atoms with E-state index in [1.54, 1.807) is 55.4 Å². The minimum atomic E-state index is -1.81. The van der Waals surface area contributed by atoms with E-state index in [0.29, 0.717) is 32.1 Å². The number of aliphatic hydroxyl groups excluding tert-OH is 1. The van der Waals surface area contributed by atoms with Crippen LogP contribution in [0.4, 0.5) is 0 Å². The Morgan fingerprint density at radius 3 is 1.04 bits per heavy atom. The van der Waals surface area contributed by atoms with Gasteiger partial charge in [0, 0.05) is 19.6 Å². The van der Waals surface area contributed by atoms with Gasteiger partial charge in [-0.1, -0.05) is 81.1 Å². The van der Waals surface area contributed by atoms with Gasteiger partial charge in [0.15, 0.2) is 17.9 Å². The second-order valence-corrected chi connectivity index (χ2v) is 19.9. The molecule has 0 aromatic carbocycles. The van der Waals surface area contributed by atoms with E-state index in [2.05, 4.69) is 57.5 Å². The highest BCUT2D eigenvalue weighted by molar-refractivity contribution is 5.99. The number of carboxylic acids is 1. The van der Waals surface area contributed by atoms with Gasteiger partial charge in [0.25, 0.3) is 0 Å². The predicted octanol–water partition coefficient (Wildman–Crippen LogP) is -5.51. The van der Waals surface area contributed by atoms with Gasteiger partial charge in [0.1, 0.15) is 48.3 Å². The van der Waals surface area contributed by atoms with Crippen molar-refractivity contribution in [1.29, 1.82) is 0 Å². The molecule has 0 rings (SSSR count). The molecule has 0 radical (unpaired) electrons. The third-order valence-electron chi connectivity index (χ3n) is 13.5. The first kappa shape index (κ1) is 72.4. The normalized spacial score (nSPS) is 15.9. The highest BCUT2D eigenvalue weighted by Crippen LogP contribution is 2.16. The SMILES string of the molecule is CC[C@H](C)[C@H](NC(=O)[C@H](CCCN=C(N)N)NC(=O)[C@H](CC(N)=O)NC(=O)[C@H](CO)NC(=O)[C@@H](NC(=O)[C@@H](N)CCCN=C(N)N)[C@@H](C)CC)C(=O)N[C@H](C(=O)N[C@H](C(=O)N[C@@H](CCCN=C(N)N)C(=O)O)[C@@H](C)CC)[C@@H](C)CC. The lowest BCUT2D eigenvalue weighted by Gasteiger charge is -2.32. The third kappa shape index (κ3) is 27.3. The summed E-state index contributed by atoms with van der Waals surface area (Å²) >= 11 is 0. The fourth-order valence-electron chi connectivity index (χ4n) is 7.66. The smallest absolute Gasteiger partial charge is 0.326 e. The maximum atomic E-state index is 14.4. The largest absolute Gasteiger partial charge is 0.480 e. The minimum absolute atomic E-state index is 0.0300. The molecule has 9 amide bonds. The summed E-state index contributed by atoms with van der Waals surface area (Å²) in [5, 5.41) is 40.4. The van der Waals surface area contributed by atoms with Gasteiger partial charge in [0.2, 0.25) is 53.2 Å². The molecule has 0 unspecified atom stereocenters. The zero-order valence-corrected chi connectivity index (χ0v) is 47.5. The number of guanidine groups is 3. The van der Waals surface area contributed by atoms with Crippen molar-refractivity contribution in [3.63, 3.8) is 0 Å². The van der Waals surface area contributed by atoms with Gasteiger partial charge in [-0.25, -0.2) is 4.79 Å². The molecule has 0 aromatic rings. The van der Waals surface area contributed by atoms with Crippen molar-refractivity contribution in [2.45, 2.75) is 180 Å². The van der Waals surface area contributed by atoms with Crippen LogP contribution in [0.25, 0.3) is 0 Å². The number of nitrogens with one attached hydrogen (secondary N) is 8. The summed E-state index contributed by atoms with van der Waals surface area (Å²) < 4.78 is 0. The monoisotopic (exact) mass is 1140 g/mol. The topological polar surface area (TPSA) is 553 Å². The summed E-state index contributed by atoms with van der Waals surface area (Å²) in [6.45, 7) is 12.9. The second-order valence-electron chi connectivity index (χ2n) is 19.9. The van der Waals surface area contributed by atoms with Crippen molar-refractivity contribution in [2.24, 2.45) is 84.5 Å². The molecule has 0 aromatic heterocycles. The van der Waals surface area contributed by atoms with Crippen molar-refractivity contribution in [3.8, 4) is 0 Å². The van der Waals surface area contributed by atoms with Crippen LogP contribution in [0.1, 0.15) is 126 Å². The van der Waals surface area contributed by atoms with Gasteiger partial charge in [0.05, 0.1) is 19.1 Å². The summed E-state index contributed by atoms with van der Waals surface area (Å²) in [6.07, 6.45) is 1.14. The first-order valence-electron chi connectivity index (χ1n) is 27.0. The third-order valence-corrected chi connectivity index (χ3v) is 13.5. The zero-order chi connectivity index (χ0) is 61.4. The van der Waals surface area contributed by atoms with Crippen LogP contribution >= 0.6 is 0 Å². The summed E-state index contributed by atoms with van der Waals surface area (Å²) in [7, 11) is 0. The number of carboxylic acid groups (broad SMARTS) is 1. The van der Waals surface area contributed by atoms with E-state index < -0.39 is 150 Å². The fraction of sp³-hybridized carbons (Fsp3) is 0.735. The Kier molecular flexibility index (Phi) is 34.5. The Hall–Kier alpha value is -7.57. The summed E-state index contributed by atoms with van der Waals surface area (Å²) in [6, 6.07) is -12.6. The highest BCUT2D eigenvalue weighted by Gasteiger charge is 2.38. The number of hydrogen-bond acceptors (Lipinski definition) is 15. The molecular weight excluding hydrogens is 1050 g/mol. The molecule has 0 saturated carbocycles. The van der Waals surface area contributed by atoms with Crippen LogP contribution in [0, 0.1) is 23.7 Å². The Morgan fingerprint density at radius 1 is 0.400 bits per heavy atom. The molecule has 0 aliphatic heterocycles. The standard InChI is InChI=1S/C49H93N19O12/c1-9-24(5)34(65-38(71)28(50)16-13-19-58-47(52)53)43(76)64-32(23-69)41(74)63-31(22-33(51)70)40(73)61-29(17-14-20-59-48(54)55)39(72)66-36(26(7)11-3)44(77)68-37(27(8)12-4)45(78)67-35(25(6)10-2)42(75)62-30(46(79)80)18-15-21-60-49(56)57/h24-32,34-37,69H,9-23,50H2,1-8H3,(H2,51,70)(H,61,73)(H,62,75)(H,63,74)(H,64,76)(H,65,71)(H,66,72)(H,67,78)(H,68,77)(H,79,80)(H4,52,53,58)(H4,54,55,59)(H4,56,57,60)/t24-,25-,26-,27-,28-,29-,30-,31-,32-,34-,35-,36-,37-/m0/s1. The number of nitrogens with two attached hydrogens (primary N) is 8. The van der Waals surface area contributed by atoms with Crippen LogP contribution in [0.5, 0.6) is 0 Å². The maximum Gasteiger partial charge on any atom is 0.326 e. The molecule has 0 heterocycles. The molecule has 0 spiro atoms. The lowest BCUT2D eigenvalue weighted by atomic mass is 9.93. The van der Waals surface area contributed by atoms with E-state index >= 15 is 0 Å². The summed E-state index contributed by atoms with van der Waals surface area (Å²) in [5.41, 5.74) is 43.9. The molecule has 0 fully saturated rings. The lowest BCUT2D eigenvalue weighted by molar-refractivity contribution is -0.143. The van der Waals surface area contributed by atoms with Crippen molar-refractivity contribution in [2.75, 3.05) is 26.2 Å². The molecule has 456 valence electrons. The Balaban J connectivity index is 6.77. The second kappa shape index (κ2) is 38.1. The number of carbonyl (C=O) groups excluding carboxylic acids is 9. The van der Waals surface area contributed by atoms with Crippen molar-refractivity contribution in [1.82, 2.24) is 42.5 Å². The van der Waals surface area contributed by atoms with Crippen LogP contribution in [-0.4, -0.2) is 168 Å². The quantitative estimate of drug-likeness (QED) is 0.0155. The molecule has 80 heavy (non-hydrogen) atoms. The average Bonchev–Trinajstić information content (AvgIpc) is 3.40. The van der Waals surface area contributed by atoms with Gasteiger partial charge in [-0.3, -0.25) is 58.1 Å². The van der Waals surface area contributed by atoms with Gasteiger partial charge < -0.3 is 98.6 Å². The van der Waals surface area contributed by atoms with Gasteiger partial charge in [-0.2, -0.15) is 0 Å². The van der Waals surface area contributed by atoms with Gasteiger partial charge in [-0.15, -0.1) is 0 Å². The molecule has 31 heteroatoms. The summed E-state index contributed by atoms with van der Waals surface area (Å²) in [5.74, 6) is -12.4. The molecule has 0 aliphatic rings. The van der Waals surface area contributed by atoms with Gasteiger partial charge >= 0.3 is 5.97 Å². The van der Waals surface area contributed by atoms with Crippen molar-refractivity contribution in [3.05, 3.63) is 0 Å². The zero-order valence-electron chi connectivity index (χ0n) is 47.5. The van der Waals surface area contributed by atoms with E-state index in [0.717, 1.165) is 0 Å². The molecule has 0 bridgehead atoms. The van der Waals surface area contributed by atoms with Crippen LogP contribution < -0.4 is 88.4 Å². The molecule has 0 aliphatic carbocycles. The van der Waals surface area contributed by atoms with Crippen LogP contribution in [0.3, 0.4) is 0 Å². The number of carbonyl (C=O) groups is 10. The maximum absolute atomic E-state index is 14.4. The number of aliphatic hydroxyl groups is 1. The van der Waals surface area contributed by atoms with Crippen LogP contribution in [-0.2, 0) is 47.9 Å². The minimum Gasteiger partial charge on any atom is -0.480 e. The molecule has 26 N–H and O–H groups in total. The number of aliphatic carboxylic acids is 1. The van der Waals surface area contributed by atoms with Gasteiger partial charge in [-0.05, 0) is 62.2 Å². The Bertz CT molecular complexity index is 2140. The number of rotatable bonds is 40. The van der Waals surface area contributed by atoms with E-state index in [1.165, 1.54) is 0 Å². The number of amides is 9. The first-order chi connectivity index (χ1) is 37.5. The molecule has 0 saturated heterocycles. The Labute approximate surface area is 467 Å². The number of primary amides is 1. The predicted molar refractivity (Wildman–Crippen MR) is 300 cm³/mol. The van der Waals surface area contributed by atoms with Crippen LogP contribution in [0.15, 0.2) is 15.0 Å². The van der Waals surface area contributed by atoms with Crippen molar-refractivity contribution >= 4 is 77.0 Å². The van der Waals surface area contributed by atoms with E-state index in [4.69, 9.17) is 45.9 Å². The number of nitrogens with zero attached hydrogens (tertiary/aromatic N) is 3. The van der Waals surface area contributed by atoms with E-state index in [9.17, 15) is 58.2 Å². The first-order valence-corrected chi connectivity index (χ1v) is 27.0. The highest BCUT2D eigenvalue weighted by atomic mass is 16.4. The van der Waals surface area contributed by atoms with E-state index in [1.807, 2.05) is 0 Å². The molecule has 13 atom stereocenters.